The van der Waals surface area contributed by atoms with Crippen molar-refractivity contribution < 1.29 is 9.53 Å². The van der Waals surface area contributed by atoms with Gasteiger partial charge in [-0.2, -0.15) is 5.10 Å². The van der Waals surface area contributed by atoms with Crippen LogP contribution in [-0.4, -0.2) is 26.3 Å². The molecule has 0 amide bonds. The van der Waals surface area contributed by atoms with Gasteiger partial charge in [0.15, 0.2) is 5.82 Å². The minimum atomic E-state index is -0.509. The van der Waals surface area contributed by atoms with Crippen LogP contribution in [0.15, 0.2) is 18.5 Å². The molecule has 0 unspecified atom stereocenters. The zero-order valence-corrected chi connectivity index (χ0v) is 15.1. The summed E-state index contributed by atoms with van der Waals surface area (Å²) in [5.41, 5.74) is -0.123. The molecule has 5 nitrogen and oxygen atoms in total. The van der Waals surface area contributed by atoms with Gasteiger partial charge >= 0.3 is 5.97 Å². The summed E-state index contributed by atoms with van der Waals surface area (Å²) < 4.78 is 7.13. The highest BCUT2D eigenvalue weighted by Gasteiger charge is 2.19. The number of carbonyl (C=O) groups is 1. The number of nitrogens with zero attached hydrogens (tertiary/aromatic N) is 3. The first-order valence-electron chi connectivity index (χ1n) is 8.61. The largest absolute Gasteiger partial charge is 0.457 e. The van der Waals surface area contributed by atoms with Gasteiger partial charge in [-0.1, -0.05) is 45.6 Å². The second kappa shape index (κ2) is 9.48. The van der Waals surface area contributed by atoms with Crippen molar-refractivity contribution in [2.24, 2.45) is 0 Å². The number of carbonyl (C=O) groups excluding carboxylic acids is 1. The molecule has 0 spiro atoms. The van der Waals surface area contributed by atoms with E-state index in [1.54, 1.807) is 6.33 Å². The molecule has 1 aromatic heterocycles. The molecule has 0 atom stereocenters. The number of hydrogen-bond donors (Lipinski definition) is 0. The van der Waals surface area contributed by atoms with Gasteiger partial charge in [0.25, 0.3) is 0 Å². The highest BCUT2D eigenvalue weighted by Crippen LogP contribution is 2.12. The van der Waals surface area contributed by atoms with E-state index >= 15 is 0 Å². The Morgan fingerprint density at radius 1 is 1.22 bits per heavy atom. The average Bonchev–Trinajstić information content (AvgIpc) is 2.88. The summed E-state index contributed by atoms with van der Waals surface area (Å²) in [4.78, 5) is 16.1. The van der Waals surface area contributed by atoms with Crippen LogP contribution in [0.5, 0.6) is 0 Å². The van der Waals surface area contributed by atoms with Crippen molar-refractivity contribution in [3.8, 4) is 0 Å². The molecule has 23 heavy (non-hydrogen) atoms. The zero-order chi connectivity index (χ0) is 17.3. The molecule has 0 radical (unpaired) electrons. The van der Waals surface area contributed by atoms with Gasteiger partial charge in [-0.15, -0.1) is 0 Å². The molecule has 0 bridgehead atoms. The molecular formula is C18H31N3O2. The van der Waals surface area contributed by atoms with Crippen LogP contribution in [0.2, 0.25) is 0 Å². The van der Waals surface area contributed by atoms with Crippen LogP contribution in [0.3, 0.4) is 0 Å². The third kappa shape index (κ3) is 8.53. The van der Waals surface area contributed by atoms with Crippen molar-refractivity contribution in [2.75, 3.05) is 0 Å². The standard InChI is InChI=1S/C18H31N3O2/c1-6-7-8-9-10-11-12-21-14-19-16(20-21)13-15(2)17(22)23-18(3,4)5/h14H,2,6-13H2,1,3-5H3. The minimum Gasteiger partial charge on any atom is -0.457 e. The Labute approximate surface area is 140 Å². The second-order valence-electron chi connectivity index (χ2n) is 6.97. The molecule has 0 aliphatic carbocycles. The van der Waals surface area contributed by atoms with Gasteiger partial charge in [-0.25, -0.2) is 9.78 Å². The van der Waals surface area contributed by atoms with E-state index in [-0.39, 0.29) is 5.97 Å². The molecule has 130 valence electrons. The summed E-state index contributed by atoms with van der Waals surface area (Å²) in [5, 5.41) is 4.40. The van der Waals surface area contributed by atoms with E-state index in [0.717, 1.165) is 13.0 Å². The topological polar surface area (TPSA) is 57.0 Å². The smallest absolute Gasteiger partial charge is 0.334 e. The molecule has 5 heteroatoms. The van der Waals surface area contributed by atoms with E-state index < -0.39 is 5.60 Å². The Hall–Kier alpha value is -1.65. The summed E-state index contributed by atoms with van der Waals surface area (Å²) in [6, 6.07) is 0. The predicted octanol–water partition coefficient (Wildman–Crippen LogP) is 4.08. The van der Waals surface area contributed by atoms with Crippen molar-refractivity contribution in [1.82, 2.24) is 14.8 Å². The summed E-state index contributed by atoms with van der Waals surface area (Å²) >= 11 is 0. The number of hydrogen-bond acceptors (Lipinski definition) is 4. The predicted molar refractivity (Wildman–Crippen MR) is 92.1 cm³/mol. The molecule has 0 aliphatic rings. The molecular weight excluding hydrogens is 290 g/mol. The van der Waals surface area contributed by atoms with Crippen LogP contribution in [-0.2, 0) is 22.5 Å². The zero-order valence-electron chi connectivity index (χ0n) is 15.1. The van der Waals surface area contributed by atoms with E-state index in [0.29, 0.717) is 17.8 Å². The minimum absolute atomic E-state index is 0.332. The maximum absolute atomic E-state index is 11.9. The Bertz CT molecular complexity index is 501. The maximum Gasteiger partial charge on any atom is 0.334 e. The van der Waals surface area contributed by atoms with Gasteiger partial charge in [0, 0.05) is 18.5 Å². The fourth-order valence-corrected chi connectivity index (χ4v) is 2.19. The van der Waals surface area contributed by atoms with Crippen molar-refractivity contribution in [1.29, 1.82) is 0 Å². The fourth-order valence-electron chi connectivity index (χ4n) is 2.19. The lowest BCUT2D eigenvalue weighted by atomic mass is 10.1. The first kappa shape index (κ1) is 19.4. The number of aryl methyl sites for hydroxylation is 1. The van der Waals surface area contributed by atoms with Gasteiger partial charge in [0.05, 0.1) is 0 Å². The Morgan fingerprint density at radius 3 is 2.52 bits per heavy atom. The van der Waals surface area contributed by atoms with E-state index in [2.05, 4.69) is 23.6 Å². The Morgan fingerprint density at radius 2 is 1.87 bits per heavy atom. The van der Waals surface area contributed by atoms with Crippen LogP contribution in [0.25, 0.3) is 0 Å². The van der Waals surface area contributed by atoms with Crippen LogP contribution in [0, 0.1) is 0 Å². The first-order chi connectivity index (χ1) is 10.8. The lowest BCUT2D eigenvalue weighted by Crippen LogP contribution is -2.25. The lowest BCUT2D eigenvalue weighted by Gasteiger charge is -2.19. The van der Waals surface area contributed by atoms with E-state index in [9.17, 15) is 4.79 Å². The summed E-state index contributed by atoms with van der Waals surface area (Å²) in [6.45, 7) is 12.4. The number of esters is 1. The van der Waals surface area contributed by atoms with Crippen molar-refractivity contribution in [2.45, 2.75) is 84.8 Å². The summed E-state index contributed by atoms with van der Waals surface area (Å²) in [6.07, 6.45) is 9.58. The van der Waals surface area contributed by atoms with Gasteiger partial charge in [0.1, 0.15) is 11.9 Å². The van der Waals surface area contributed by atoms with Crippen LogP contribution < -0.4 is 0 Å². The molecule has 1 heterocycles. The molecule has 1 aromatic rings. The number of rotatable bonds is 10. The monoisotopic (exact) mass is 321 g/mol. The van der Waals surface area contributed by atoms with Crippen molar-refractivity contribution in [3.63, 3.8) is 0 Å². The molecule has 0 N–H and O–H groups in total. The Balaban J connectivity index is 2.33. The third-order valence-electron chi connectivity index (χ3n) is 3.38. The van der Waals surface area contributed by atoms with Crippen molar-refractivity contribution >= 4 is 5.97 Å². The molecule has 0 aromatic carbocycles. The van der Waals surface area contributed by atoms with Crippen molar-refractivity contribution in [3.05, 3.63) is 24.3 Å². The molecule has 0 fully saturated rings. The van der Waals surface area contributed by atoms with Gasteiger partial charge < -0.3 is 4.74 Å². The number of aromatic nitrogens is 3. The van der Waals surface area contributed by atoms with Gasteiger partial charge in [-0.05, 0) is 27.2 Å². The highest BCUT2D eigenvalue weighted by molar-refractivity contribution is 5.88. The van der Waals surface area contributed by atoms with Gasteiger partial charge in [0.2, 0.25) is 0 Å². The van der Waals surface area contributed by atoms with Gasteiger partial charge in [-0.3, -0.25) is 4.68 Å². The second-order valence-corrected chi connectivity index (χ2v) is 6.97. The molecule has 1 rings (SSSR count). The van der Waals surface area contributed by atoms with E-state index in [4.69, 9.17) is 4.74 Å². The molecule has 0 saturated carbocycles. The lowest BCUT2D eigenvalue weighted by molar-refractivity contribution is -0.149. The molecule has 0 saturated heterocycles. The fraction of sp³-hybridized carbons (Fsp3) is 0.722. The van der Waals surface area contributed by atoms with Crippen LogP contribution >= 0.6 is 0 Å². The molecule has 0 aliphatic heterocycles. The van der Waals surface area contributed by atoms with Crippen LogP contribution in [0.4, 0.5) is 0 Å². The summed E-state index contributed by atoms with van der Waals surface area (Å²) in [5.74, 6) is 0.233. The maximum atomic E-state index is 11.9. The number of ether oxygens (including phenoxy) is 1. The SMILES string of the molecule is C=C(Cc1ncn(CCCCCCCC)n1)C(=O)OC(C)(C)C. The highest BCUT2D eigenvalue weighted by atomic mass is 16.6. The average molecular weight is 321 g/mol. The first-order valence-corrected chi connectivity index (χ1v) is 8.61. The van der Waals surface area contributed by atoms with E-state index in [1.807, 2.05) is 25.5 Å². The van der Waals surface area contributed by atoms with Crippen LogP contribution in [0.1, 0.15) is 72.0 Å². The normalized spacial score (nSPS) is 11.5. The van der Waals surface area contributed by atoms with E-state index in [1.165, 1.54) is 32.1 Å². The summed E-state index contributed by atoms with van der Waals surface area (Å²) in [7, 11) is 0. The Kier molecular flexibility index (Phi) is 8.00. The quantitative estimate of drug-likeness (QED) is 0.370. The third-order valence-corrected chi connectivity index (χ3v) is 3.38. The number of unbranched alkanes of at least 4 members (excludes halogenated alkanes) is 5.